The van der Waals surface area contributed by atoms with Crippen LogP contribution < -0.4 is 15.4 Å². The normalized spacial score (nSPS) is 11.8. The van der Waals surface area contributed by atoms with Crippen LogP contribution in [0.2, 0.25) is 0 Å². The van der Waals surface area contributed by atoms with Gasteiger partial charge in [-0.1, -0.05) is 12.1 Å². The van der Waals surface area contributed by atoms with Gasteiger partial charge in [0, 0.05) is 17.4 Å². The van der Waals surface area contributed by atoms with Gasteiger partial charge < -0.3 is 10.6 Å². The van der Waals surface area contributed by atoms with Gasteiger partial charge in [-0.05, 0) is 61.5 Å². The van der Waals surface area contributed by atoms with E-state index >= 15 is 0 Å². The Morgan fingerprint density at radius 1 is 1.00 bits per heavy atom. The molecule has 162 valence electrons. The van der Waals surface area contributed by atoms with E-state index in [9.17, 15) is 18.0 Å². The molecule has 1 heterocycles. The third-order valence-corrected chi connectivity index (χ3v) is 5.87. The van der Waals surface area contributed by atoms with E-state index in [0.717, 1.165) is 0 Å². The van der Waals surface area contributed by atoms with Gasteiger partial charge in [0.1, 0.15) is 5.82 Å². The molecule has 1 atom stereocenters. The molecule has 1 aromatic heterocycles. The van der Waals surface area contributed by atoms with Crippen molar-refractivity contribution in [3.05, 3.63) is 84.1 Å². The molecular formula is C22H19N5O4S. The lowest BCUT2D eigenvalue weighted by Gasteiger charge is -2.15. The number of nitriles is 1. The summed E-state index contributed by atoms with van der Waals surface area (Å²) in [6.07, 6.45) is 1.55. The fourth-order valence-corrected chi connectivity index (χ4v) is 3.88. The second-order valence-electron chi connectivity index (χ2n) is 6.72. The zero-order valence-corrected chi connectivity index (χ0v) is 17.8. The molecule has 3 rings (SSSR count). The van der Waals surface area contributed by atoms with Crippen LogP contribution in [0.3, 0.4) is 0 Å². The summed E-state index contributed by atoms with van der Waals surface area (Å²) in [4.78, 5) is 28.9. The van der Waals surface area contributed by atoms with Crippen LogP contribution in [0, 0.1) is 11.3 Å². The number of amides is 2. The standard InChI is InChI=1S/C22H19N5O4S/c1-15(27-32(30,31)19-10-8-16(14-23)9-11-19)21(28)25-18-6-4-5-17(13-18)22(29)26-20-7-2-3-12-24-20/h2-13,15,27H,1H3,(H,25,28)(H,24,26,29). The quantitative estimate of drug-likeness (QED) is 0.506. The van der Waals surface area contributed by atoms with Crippen LogP contribution in [0.15, 0.2) is 77.8 Å². The van der Waals surface area contributed by atoms with E-state index in [1.54, 1.807) is 42.6 Å². The van der Waals surface area contributed by atoms with Gasteiger partial charge in [-0.25, -0.2) is 13.4 Å². The summed E-state index contributed by atoms with van der Waals surface area (Å²) in [5.74, 6) is -0.628. The van der Waals surface area contributed by atoms with E-state index in [2.05, 4.69) is 20.3 Å². The van der Waals surface area contributed by atoms with Gasteiger partial charge in [0.25, 0.3) is 5.91 Å². The molecule has 0 saturated heterocycles. The lowest BCUT2D eigenvalue weighted by atomic mass is 10.2. The predicted octanol–water partition coefficient (Wildman–Crippen LogP) is 2.51. The molecule has 1 unspecified atom stereocenters. The van der Waals surface area contributed by atoms with Crippen LogP contribution in [0.25, 0.3) is 0 Å². The number of aromatic nitrogens is 1. The number of rotatable bonds is 7. The largest absolute Gasteiger partial charge is 0.325 e. The highest BCUT2D eigenvalue weighted by Crippen LogP contribution is 2.14. The van der Waals surface area contributed by atoms with Gasteiger partial charge in [0.2, 0.25) is 15.9 Å². The van der Waals surface area contributed by atoms with Crippen molar-refractivity contribution in [1.82, 2.24) is 9.71 Å². The van der Waals surface area contributed by atoms with E-state index in [4.69, 9.17) is 5.26 Å². The van der Waals surface area contributed by atoms with Gasteiger partial charge >= 0.3 is 0 Å². The van der Waals surface area contributed by atoms with Crippen molar-refractivity contribution in [2.24, 2.45) is 0 Å². The Morgan fingerprint density at radius 2 is 1.75 bits per heavy atom. The lowest BCUT2D eigenvalue weighted by molar-refractivity contribution is -0.117. The molecule has 0 aliphatic carbocycles. The molecule has 0 fully saturated rings. The highest BCUT2D eigenvalue weighted by molar-refractivity contribution is 7.89. The number of anilines is 2. The van der Waals surface area contributed by atoms with Crippen molar-refractivity contribution >= 4 is 33.3 Å². The molecule has 2 amide bonds. The topological polar surface area (TPSA) is 141 Å². The molecule has 9 nitrogen and oxygen atoms in total. The van der Waals surface area contributed by atoms with Crippen molar-refractivity contribution in [3.63, 3.8) is 0 Å². The van der Waals surface area contributed by atoms with Crippen LogP contribution in [0.4, 0.5) is 11.5 Å². The molecular weight excluding hydrogens is 430 g/mol. The predicted molar refractivity (Wildman–Crippen MR) is 118 cm³/mol. The summed E-state index contributed by atoms with van der Waals surface area (Å²) in [6, 6.07) is 17.5. The number of benzene rings is 2. The Hall–Kier alpha value is -4.07. The zero-order chi connectivity index (χ0) is 23.1. The molecule has 3 aromatic rings. The molecule has 0 bridgehead atoms. The number of carbonyl (C=O) groups excluding carboxylic acids is 2. The summed E-state index contributed by atoms with van der Waals surface area (Å²) >= 11 is 0. The van der Waals surface area contributed by atoms with E-state index in [-0.39, 0.29) is 4.90 Å². The summed E-state index contributed by atoms with van der Waals surface area (Å²) in [7, 11) is -3.97. The molecule has 10 heteroatoms. The van der Waals surface area contributed by atoms with Gasteiger partial charge in [-0.2, -0.15) is 9.98 Å². The third kappa shape index (κ3) is 5.75. The van der Waals surface area contributed by atoms with E-state index in [0.29, 0.717) is 22.6 Å². The first-order valence-electron chi connectivity index (χ1n) is 9.44. The molecule has 32 heavy (non-hydrogen) atoms. The minimum atomic E-state index is -3.97. The number of sulfonamides is 1. The monoisotopic (exact) mass is 449 g/mol. The maximum absolute atomic E-state index is 12.5. The summed E-state index contributed by atoms with van der Waals surface area (Å²) in [5.41, 5.74) is 0.939. The van der Waals surface area contributed by atoms with Crippen LogP contribution in [0.1, 0.15) is 22.8 Å². The highest BCUT2D eigenvalue weighted by Gasteiger charge is 2.22. The van der Waals surface area contributed by atoms with Gasteiger partial charge in [-0.3, -0.25) is 9.59 Å². The Bertz CT molecular complexity index is 1270. The van der Waals surface area contributed by atoms with Crippen LogP contribution in [-0.4, -0.2) is 31.3 Å². The van der Waals surface area contributed by atoms with E-state index in [1.807, 2.05) is 6.07 Å². The molecule has 0 aliphatic heterocycles. The zero-order valence-electron chi connectivity index (χ0n) is 16.9. The number of carbonyl (C=O) groups is 2. The van der Waals surface area contributed by atoms with Gasteiger partial charge in [0.05, 0.1) is 22.6 Å². The summed E-state index contributed by atoms with van der Waals surface area (Å²) in [5, 5.41) is 14.1. The smallest absolute Gasteiger partial charge is 0.256 e. The number of nitrogens with one attached hydrogen (secondary N) is 3. The van der Waals surface area contributed by atoms with Crippen molar-refractivity contribution in [2.75, 3.05) is 10.6 Å². The minimum absolute atomic E-state index is 0.0654. The average Bonchev–Trinajstić information content (AvgIpc) is 2.79. The maximum Gasteiger partial charge on any atom is 0.256 e. The number of hydrogen-bond acceptors (Lipinski definition) is 6. The van der Waals surface area contributed by atoms with Gasteiger partial charge in [0.15, 0.2) is 0 Å². The fraction of sp³-hybridized carbons (Fsp3) is 0.0909. The van der Waals surface area contributed by atoms with E-state index in [1.165, 1.54) is 37.3 Å². The SMILES string of the molecule is CC(NS(=O)(=O)c1ccc(C#N)cc1)C(=O)Nc1cccc(C(=O)Nc2ccccn2)c1. The molecule has 2 aromatic carbocycles. The summed E-state index contributed by atoms with van der Waals surface area (Å²) in [6.45, 7) is 1.40. The second-order valence-corrected chi connectivity index (χ2v) is 8.43. The maximum atomic E-state index is 12.5. The van der Waals surface area contributed by atoms with Crippen LogP contribution >= 0.6 is 0 Å². The Kier molecular flexibility index (Phi) is 6.94. The van der Waals surface area contributed by atoms with Crippen molar-refractivity contribution in [2.45, 2.75) is 17.9 Å². The molecule has 0 saturated carbocycles. The molecule has 0 radical (unpaired) electrons. The van der Waals surface area contributed by atoms with Crippen molar-refractivity contribution < 1.29 is 18.0 Å². The number of nitrogens with zero attached hydrogens (tertiary/aromatic N) is 2. The van der Waals surface area contributed by atoms with Crippen molar-refractivity contribution in [1.29, 1.82) is 5.26 Å². The van der Waals surface area contributed by atoms with E-state index < -0.39 is 27.9 Å². The Labute approximate surface area is 185 Å². The molecule has 0 spiro atoms. The first-order valence-corrected chi connectivity index (χ1v) is 10.9. The highest BCUT2D eigenvalue weighted by atomic mass is 32.2. The second kappa shape index (κ2) is 9.82. The molecule has 3 N–H and O–H groups in total. The number of pyridine rings is 1. The summed E-state index contributed by atoms with van der Waals surface area (Å²) < 4.78 is 27.3. The first-order chi connectivity index (χ1) is 15.3. The number of hydrogen-bond donors (Lipinski definition) is 3. The first kappa shape index (κ1) is 22.6. The Balaban J connectivity index is 1.65. The molecule has 0 aliphatic rings. The van der Waals surface area contributed by atoms with Crippen LogP contribution in [-0.2, 0) is 14.8 Å². The van der Waals surface area contributed by atoms with Crippen LogP contribution in [0.5, 0.6) is 0 Å². The third-order valence-electron chi connectivity index (χ3n) is 4.32. The fourth-order valence-electron chi connectivity index (χ4n) is 2.68. The van der Waals surface area contributed by atoms with Gasteiger partial charge in [-0.15, -0.1) is 0 Å². The van der Waals surface area contributed by atoms with Crippen molar-refractivity contribution in [3.8, 4) is 6.07 Å². The lowest BCUT2D eigenvalue weighted by Crippen LogP contribution is -2.41. The minimum Gasteiger partial charge on any atom is -0.325 e. The Morgan fingerprint density at radius 3 is 2.41 bits per heavy atom. The average molecular weight is 449 g/mol.